The molecule has 0 spiro atoms. The van der Waals surface area contributed by atoms with Crippen LogP contribution in [0.3, 0.4) is 0 Å². The predicted octanol–water partition coefficient (Wildman–Crippen LogP) is 5.24. The minimum Gasteiger partial charge on any atom is -0.347 e. The van der Waals surface area contributed by atoms with E-state index in [1.165, 1.54) is 22.3 Å². The number of aromatic nitrogens is 2. The first-order valence-electron chi connectivity index (χ1n) is 10.9. The molecule has 0 unspecified atom stereocenters. The number of thiazole rings is 1. The maximum Gasteiger partial charge on any atom is 0.419 e. The lowest BCUT2D eigenvalue weighted by atomic mass is 10.0. The second kappa shape index (κ2) is 9.94. The fourth-order valence-electron chi connectivity index (χ4n) is 3.93. The van der Waals surface area contributed by atoms with Gasteiger partial charge < -0.3 is 10.2 Å². The highest BCUT2D eigenvalue weighted by atomic mass is 35.5. The smallest absolute Gasteiger partial charge is 0.347 e. The molecule has 0 saturated carbocycles. The molecular weight excluding hydrogens is 561 g/mol. The molecule has 1 aromatic carbocycles. The third-order valence-electron chi connectivity index (χ3n) is 5.90. The molecule has 196 valence electrons. The Hall–Kier alpha value is -3.60. The van der Waals surface area contributed by atoms with Gasteiger partial charge in [-0.3, -0.25) is 14.5 Å². The summed E-state index contributed by atoms with van der Waals surface area (Å²) in [5, 5.41) is 12.0. The van der Waals surface area contributed by atoms with Crippen LogP contribution < -0.4 is 15.1 Å². The summed E-state index contributed by atoms with van der Waals surface area (Å²) in [6.45, 7) is 5.01. The van der Waals surface area contributed by atoms with Crippen molar-refractivity contribution in [1.29, 1.82) is 5.26 Å². The van der Waals surface area contributed by atoms with Gasteiger partial charge in [-0.25, -0.2) is 9.97 Å². The molecule has 0 radical (unpaired) electrons. The Morgan fingerprint density at radius 1 is 1.26 bits per heavy atom. The molecule has 3 heterocycles. The Bertz CT molecular complexity index is 1520. The number of hydrogen-bond acceptors (Lipinski definition) is 7. The quantitative estimate of drug-likeness (QED) is 0.413. The SMILES string of the molecule is Cc1ncsc1C(=O)NCc1ccc(N2C(=S)N(c3cnc(C#N)c(C(F)(F)F)c3)C(=O)C2(C)C)cc1Cl. The number of anilines is 2. The van der Waals surface area contributed by atoms with Crippen molar-refractivity contribution in [3.8, 4) is 6.07 Å². The van der Waals surface area contributed by atoms with Crippen LogP contribution in [0, 0.1) is 18.3 Å². The number of halogens is 4. The van der Waals surface area contributed by atoms with E-state index in [-0.39, 0.29) is 28.3 Å². The van der Waals surface area contributed by atoms with Gasteiger partial charge in [0.2, 0.25) is 0 Å². The number of aryl methyl sites for hydroxylation is 1. The van der Waals surface area contributed by atoms with Crippen LogP contribution in [0.1, 0.15) is 46.0 Å². The van der Waals surface area contributed by atoms with Crippen molar-refractivity contribution in [2.24, 2.45) is 0 Å². The number of carbonyl (C=O) groups excluding carboxylic acids is 2. The average Bonchev–Trinajstić information content (AvgIpc) is 3.35. The highest BCUT2D eigenvalue weighted by Gasteiger charge is 2.51. The van der Waals surface area contributed by atoms with Gasteiger partial charge in [0.25, 0.3) is 11.8 Å². The fraction of sp³-hybridized carbons (Fsp3) is 0.250. The molecule has 8 nitrogen and oxygen atoms in total. The Morgan fingerprint density at radius 2 is 1.97 bits per heavy atom. The molecule has 0 bridgehead atoms. The number of pyridine rings is 1. The lowest BCUT2D eigenvalue weighted by Gasteiger charge is -2.29. The van der Waals surface area contributed by atoms with Crippen molar-refractivity contribution in [2.75, 3.05) is 9.80 Å². The maximum absolute atomic E-state index is 13.5. The van der Waals surface area contributed by atoms with Gasteiger partial charge in [0.15, 0.2) is 10.8 Å². The number of nitrogens with zero attached hydrogens (tertiary/aromatic N) is 5. The van der Waals surface area contributed by atoms with Crippen molar-refractivity contribution in [2.45, 2.75) is 39.0 Å². The molecule has 38 heavy (non-hydrogen) atoms. The van der Waals surface area contributed by atoms with Gasteiger partial charge in [-0.05, 0) is 56.8 Å². The average molecular weight is 579 g/mol. The first-order valence-corrected chi connectivity index (χ1v) is 12.6. The molecule has 1 aliphatic rings. The maximum atomic E-state index is 13.5. The number of thiocarbonyl (C=S) groups is 1. The summed E-state index contributed by atoms with van der Waals surface area (Å²) in [6.07, 6.45) is -3.85. The van der Waals surface area contributed by atoms with Crippen molar-refractivity contribution in [3.05, 3.63) is 68.4 Å². The van der Waals surface area contributed by atoms with Gasteiger partial charge in [0, 0.05) is 17.3 Å². The lowest BCUT2D eigenvalue weighted by Crippen LogP contribution is -2.44. The Morgan fingerprint density at radius 3 is 2.55 bits per heavy atom. The monoisotopic (exact) mass is 578 g/mol. The van der Waals surface area contributed by atoms with Gasteiger partial charge in [-0.1, -0.05) is 17.7 Å². The molecule has 2 aromatic heterocycles. The van der Waals surface area contributed by atoms with Gasteiger partial charge >= 0.3 is 6.18 Å². The molecule has 1 N–H and O–H groups in total. The highest BCUT2D eigenvalue weighted by molar-refractivity contribution is 7.81. The summed E-state index contributed by atoms with van der Waals surface area (Å²) in [7, 11) is 0. The third kappa shape index (κ3) is 4.82. The van der Waals surface area contributed by atoms with Crippen LogP contribution in [0.15, 0.2) is 36.0 Å². The topological polar surface area (TPSA) is 102 Å². The van der Waals surface area contributed by atoms with Crippen LogP contribution in [-0.4, -0.2) is 32.4 Å². The van der Waals surface area contributed by atoms with E-state index < -0.39 is 28.9 Å². The van der Waals surface area contributed by atoms with Crippen molar-refractivity contribution >= 4 is 63.5 Å². The number of benzene rings is 1. The molecule has 1 aliphatic heterocycles. The number of nitrogens with one attached hydrogen (secondary N) is 1. The minimum atomic E-state index is -4.86. The van der Waals surface area contributed by atoms with Gasteiger partial charge in [-0.2, -0.15) is 18.4 Å². The predicted molar refractivity (Wildman–Crippen MR) is 140 cm³/mol. The number of rotatable bonds is 5. The van der Waals surface area contributed by atoms with E-state index in [1.54, 1.807) is 44.5 Å². The Labute approximate surface area is 229 Å². The van der Waals surface area contributed by atoms with Crippen molar-refractivity contribution in [1.82, 2.24) is 15.3 Å². The van der Waals surface area contributed by atoms with Crippen LogP contribution in [0.4, 0.5) is 24.5 Å². The molecule has 0 atom stereocenters. The van der Waals surface area contributed by atoms with E-state index in [9.17, 15) is 22.8 Å². The third-order valence-corrected chi connectivity index (χ3v) is 7.54. The summed E-state index contributed by atoms with van der Waals surface area (Å²) in [4.78, 5) is 36.3. The number of nitriles is 1. The number of carbonyl (C=O) groups is 2. The summed E-state index contributed by atoms with van der Waals surface area (Å²) in [5.74, 6) is -0.878. The second-order valence-electron chi connectivity index (χ2n) is 8.74. The molecule has 0 aliphatic carbocycles. The van der Waals surface area contributed by atoms with Crippen LogP contribution in [0.25, 0.3) is 0 Å². The Kier molecular flexibility index (Phi) is 7.17. The molecule has 3 aromatic rings. The Balaban J connectivity index is 1.62. The van der Waals surface area contributed by atoms with Crippen molar-refractivity contribution in [3.63, 3.8) is 0 Å². The molecule has 14 heteroatoms. The summed E-state index contributed by atoms with van der Waals surface area (Å²) < 4.78 is 40.5. The van der Waals surface area contributed by atoms with E-state index in [1.807, 2.05) is 0 Å². The summed E-state index contributed by atoms with van der Waals surface area (Å²) in [5.41, 5.74) is -0.364. The largest absolute Gasteiger partial charge is 0.419 e. The summed E-state index contributed by atoms with van der Waals surface area (Å²) in [6, 6.07) is 6.96. The van der Waals surface area contributed by atoms with Gasteiger partial charge in [0.05, 0.1) is 28.7 Å². The van der Waals surface area contributed by atoms with Crippen LogP contribution in [-0.2, 0) is 17.5 Å². The highest BCUT2D eigenvalue weighted by Crippen LogP contribution is 2.39. The molecular formula is C24H18ClF3N6O2S2. The summed E-state index contributed by atoms with van der Waals surface area (Å²) >= 11 is 13.2. The fourth-order valence-corrected chi connectivity index (χ4v) is 5.41. The van der Waals surface area contributed by atoms with Crippen LogP contribution in [0.5, 0.6) is 0 Å². The number of hydrogen-bond donors (Lipinski definition) is 1. The number of alkyl halides is 3. The molecule has 1 saturated heterocycles. The van der Waals surface area contributed by atoms with E-state index in [4.69, 9.17) is 29.1 Å². The van der Waals surface area contributed by atoms with E-state index >= 15 is 0 Å². The minimum absolute atomic E-state index is 0.0857. The van der Waals surface area contributed by atoms with E-state index in [2.05, 4.69) is 15.3 Å². The zero-order valence-corrected chi connectivity index (χ0v) is 22.4. The normalized spacial score (nSPS) is 15.1. The van der Waals surface area contributed by atoms with Crippen molar-refractivity contribution < 1.29 is 22.8 Å². The van der Waals surface area contributed by atoms with E-state index in [0.29, 0.717) is 27.9 Å². The second-order valence-corrected chi connectivity index (χ2v) is 10.4. The lowest BCUT2D eigenvalue weighted by molar-refractivity contribution is -0.138. The molecule has 1 fully saturated rings. The molecule has 2 amide bonds. The zero-order chi connectivity index (χ0) is 28.0. The first kappa shape index (κ1) is 27.4. The first-order chi connectivity index (χ1) is 17.8. The standard InChI is InChI=1S/C24H18ClF3N6O2S2/c1-12-19(38-11-32-12)20(35)31-9-13-4-5-14(7-17(13)25)34-22(37)33(21(36)23(34,2)3)15-6-16(24(26,27)28)18(8-29)30-10-15/h4-7,10-11H,9H2,1-3H3,(H,31,35). The molecule has 4 rings (SSSR count). The number of amides is 2. The zero-order valence-electron chi connectivity index (χ0n) is 20.1. The van der Waals surface area contributed by atoms with E-state index in [0.717, 1.165) is 11.1 Å². The van der Waals surface area contributed by atoms with Gasteiger partial charge in [0.1, 0.15) is 16.5 Å². The van der Waals surface area contributed by atoms with Gasteiger partial charge in [-0.15, -0.1) is 11.3 Å². The van der Waals surface area contributed by atoms with Crippen LogP contribution in [0.2, 0.25) is 5.02 Å². The van der Waals surface area contributed by atoms with Crippen LogP contribution >= 0.6 is 35.2 Å².